The third-order valence-electron chi connectivity index (χ3n) is 8.02. The van der Waals surface area contributed by atoms with Gasteiger partial charge in [-0.3, -0.25) is 29.2 Å². The number of guanidine groups is 2. The van der Waals surface area contributed by atoms with Crippen LogP contribution >= 0.6 is 0 Å². The van der Waals surface area contributed by atoms with Crippen molar-refractivity contribution in [1.82, 2.24) is 21.3 Å². The van der Waals surface area contributed by atoms with Crippen LogP contribution in [-0.2, 0) is 23.9 Å². The SMILES string of the molecule is C[C@@H](O)[C@H](NC(=O)[C@H](CCCN=C(N)N)NC(=O)c1cccc(O)c1O)C(=O)O[C@H](C)[C@H](NC(=O)[C@H](CCCN=C(N)N)NC(=O)c1cccc(O)c1O)C(=O)O. The molecule has 0 bridgehead atoms. The van der Waals surface area contributed by atoms with Crippen LogP contribution in [0.25, 0.3) is 0 Å². The molecule has 0 aromatic heterocycles. The number of carboxylic acids is 1. The van der Waals surface area contributed by atoms with Crippen molar-refractivity contribution in [3.05, 3.63) is 47.5 Å². The van der Waals surface area contributed by atoms with E-state index in [1.165, 1.54) is 12.1 Å². The summed E-state index contributed by atoms with van der Waals surface area (Å²) in [5, 5.41) is 69.4. The third-order valence-corrected chi connectivity index (χ3v) is 8.02. The number of hydrogen-bond donors (Lipinski definition) is 14. The number of hydrogen-bond acceptors (Lipinski definition) is 14. The number of aliphatic carboxylic acids is 1. The zero-order valence-electron chi connectivity index (χ0n) is 30.9. The van der Waals surface area contributed by atoms with Gasteiger partial charge in [-0.05, 0) is 63.8 Å². The predicted molar refractivity (Wildman–Crippen MR) is 201 cm³/mol. The quantitative estimate of drug-likeness (QED) is 0.0195. The number of nitrogens with two attached hydrogens (primary N) is 4. The Bertz CT molecular complexity index is 1830. The maximum atomic E-state index is 13.5. The molecule has 2 aromatic carbocycles. The summed E-state index contributed by atoms with van der Waals surface area (Å²) in [5.74, 6) is -10.5. The van der Waals surface area contributed by atoms with Gasteiger partial charge in [0.05, 0.1) is 17.2 Å². The fourth-order valence-corrected chi connectivity index (χ4v) is 5.03. The van der Waals surface area contributed by atoms with Gasteiger partial charge >= 0.3 is 11.9 Å². The van der Waals surface area contributed by atoms with E-state index >= 15 is 0 Å². The Morgan fingerprint density at radius 3 is 1.44 bits per heavy atom. The largest absolute Gasteiger partial charge is 0.504 e. The van der Waals surface area contributed by atoms with Crippen molar-refractivity contribution in [1.29, 1.82) is 0 Å². The number of nitrogens with one attached hydrogen (secondary N) is 4. The number of carbonyl (C=O) groups is 6. The van der Waals surface area contributed by atoms with Crippen LogP contribution in [0, 0.1) is 0 Å². The molecule has 0 spiro atoms. The minimum absolute atomic E-state index is 0.00130. The van der Waals surface area contributed by atoms with Crippen LogP contribution in [0.3, 0.4) is 0 Å². The lowest BCUT2D eigenvalue weighted by Crippen LogP contribution is -2.58. The van der Waals surface area contributed by atoms with Crippen LogP contribution in [0.5, 0.6) is 23.0 Å². The number of benzene rings is 2. The highest BCUT2D eigenvalue weighted by Gasteiger charge is 2.37. The summed E-state index contributed by atoms with van der Waals surface area (Å²) in [6, 6.07) is 0.282. The van der Waals surface area contributed by atoms with Crippen LogP contribution < -0.4 is 44.2 Å². The van der Waals surface area contributed by atoms with Gasteiger partial charge in [0.2, 0.25) is 11.8 Å². The molecule has 6 atom stereocenters. The normalized spacial score (nSPS) is 13.9. The highest BCUT2D eigenvalue weighted by atomic mass is 16.5. The van der Waals surface area contributed by atoms with Gasteiger partial charge in [0.25, 0.3) is 11.8 Å². The van der Waals surface area contributed by atoms with E-state index in [0.717, 1.165) is 38.1 Å². The van der Waals surface area contributed by atoms with Crippen molar-refractivity contribution < 1.29 is 64.1 Å². The van der Waals surface area contributed by atoms with Gasteiger partial charge in [-0.15, -0.1) is 0 Å². The molecule has 23 heteroatoms. The molecule has 0 aliphatic heterocycles. The zero-order valence-corrected chi connectivity index (χ0v) is 30.9. The first-order chi connectivity index (χ1) is 26.7. The summed E-state index contributed by atoms with van der Waals surface area (Å²) in [6.45, 7) is 2.20. The number of amides is 4. The van der Waals surface area contributed by atoms with Crippen molar-refractivity contribution in [3.8, 4) is 23.0 Å². The number of aliphatic hydroxyl groups excluding tert-OH is 1. The fourth-order valence-electron chi connectivity index (χ4n) is 5.03. The Morgan fingerprint density at radius 1 is 0.667 bits per heavy atom. The van der Waals surface area contributed by atoms with E-state index < -0.39 is 106 Å². The Hall–Kier alpha value is -7.04. The van der Waals surface area contributed by atoms with Crippen LogP contribution in [0.2, 0.25) is 0 Å². The van der Waals surface area contributed by atoms with Gasteiger partial charge in [0.15, 0.2) is 47.0 Å². The van der Waals surface area contributed by atoms with Crippen molar-refractivity contribution in [3.63, 3.8) is 0 Å². The van der Waals surface area contributed by atoms with E-state index in [9.17, 15) is 59.4 Å². The topological polar surface area (TPSA) is 410 Å². The third kappa shape index (κ3) is 14.3. The summed E-state index contributed by atoms with van der Waals surface area (Å²) in [5.41, 5.74) is 20.5. The van der Waals surface area contributed by atoms with E-state index in [1.807, 2.05) is 0 Å². The lowest BCUT2D eigenvalue weighted by Gasteiger charge is -2.28. The Kier molecular flexibility index (Phi) is 17.6. The summed E-state index contributed by atoms with van der Waals surface area (Å²) in [4.78, 5) is 86.1. The maximum absolute atomic E-state index is 13.5. The molecule has 0 unspecified atom stereocenters. The highest BCUT2D eigenvalue weighted by Crippen LogP contribution is 2.29. The van der Waals surface area contributed by atoms with Gasteiger partial charge in [0.1, 0.15) is 18.2 Å². The number of phenolic OH excluding ortho intramolecular Hbond substituents is 4. The summed E-state index contributed by atoms with van der Waals surface area (Å²) in [6.07, 6.45) is -3.47. The Morgan fingerprint density at radius 2 is 1.07 bits per heavy atom. The number of esters is 1. The van der Waals surface area contributed by atoms with E-state index in [2.05, 4.69) is 31.3 Å². The number of ether oxygens (including phenoxy) is 1. The predicted octanol–water partition coefficient (Wildman–Crippen LogP) is -3.12. The molecular weight excluding hydrogens is 756 g/mol. The molecule has 0 saturated carbocycles. The molecule has 312 valence electrons. The van der Waals surface area contributed by atoms with Gasteiger partial charge in [-0.1, -0.05) is 12.1 Å². The molecule has 0 radical (unpaired) electrons. The van der Waals surface area contributed by atoms with Gasteiger partial charge in [0, 0.05) is 13.1 Å². The first-order valence-corrected chi connectivity index (χ1v) is 17.2. The average molecular weight is 805 g/mol. The Balaban J connectivity index is 2.27. The first kappa shape index (κ1) is 46.1. The molecule has 23 nitrogen and oxygen atoms in total. The molecule has 0 heterocycles. The second kappa shape index (κ2) is 21.7. The molecule has 2 rings (SSSR count). The smallest absolute Gasteiger partial charge is 0.331 e. The number of aliphatic hydroxyl groups is 1. The first-order valence-electron chi connectivity index (χ1n) is 17.2. The number of aliphatic imine (C=N–C) groups is 2. The summed E-state index contributed by atoms with van der Waals surface area (Å²) < 4.78 is 5.27. The number of nitrogens with zero attached hydrogens (tertiary/aromatic N) is 2. The summed E-state index contributed by atoms with van der Waals surface area (Å²) >= 11 is 0. The molecule has 0 aliphatic rings. The number of carboxylic acid groups (broad SMARTS) is 1. The monoisotopic (exact) mass is 804 g/mol. The van der Waals surface area contributed by atoms with Crippen LogP contribution in [0.15, 0.2) is 46.4 Å². The molecule has 4 amide bonds. The minimum atomic E-state index is -1.98. The Labute approximate surface area is 325 Å². The van der Waals surface area contributed by atoms with Gasteiger partial charge < -0.3 is 79.6 Å². The molecule has 0 aliphatic carbocycles. The fraction of sp³-hybridized carbons (Fsp3) is 0.412. The lowest BCUT2D eigenvalue weighted by molar-refractivity contribution is -0.161. The van der Waals surface area contributed by atoms with Crippen LogP contribution in [-0.4, -0.2) is 128 Å². The average Bonchev–Trinajstić information content (AvgIpc) is 3.13. The van der Waals surface area contributed by atoms with E-state index in [0.29, 0.717) is 0 Å². The molecule has 0 fully saturated rings. The van der Waals surface area contributed by atoms with E-state index in [4.69, 9.17) is 27.7 Å². The lowest BCUT2D eigenvalue weighted by atomic mass is 10.1. The zero-order chi connectivity index (χ0) is 43.0. The van der Waals surface area contributed by atoms with Crippen LogP contribution in [0.4, 0.5) is 0 Å². The number of para-hydroxylation sites is 2. The molecular formula is C34H48N10O13. The van der Waals surface area contributed by atoms with Gasteiger partial charge in [-0.2, -0.15) is 0 Å². The number of aromatic hydroxyl groups is 4. The molecule has 18 N–H and O–H groups in total. The van der Waals surface area contributed by atoms with Gasteiger partial charge in [-0.25, -0.2) is 9.59 Å². The molecule has 57 heavy (non-hydrogen) atoms. The van der Waals surface area contributed by atoms with E-state index in [1.54, 1.807) is 0 Å². The summed E-state index contributed by atoms with van der Waals surface area (Å²) in [7, 11) is 0. The second-order valence-corrected chi connectivity index (χ2v) is 12.5. The van der Waals surface area contributed by atoms with Crippen molar-refractivity contribution in [2.45, 2.75) is 75.9 Å². The molecule has 0 saturated heterocycles. The number of phenols is 4. The van der Waals surface area contributed by atoms with Crippen LogP contribution in [0.1, 0.15) is 60.2 Å². The maximum Gasteiger partial charge on any atom is 0.331 e. The van der Waals surface area contributed by atoms with Crippen molar-refractivity contribution >= 4 is 47.5 Å². The number of carbonyl (C=O) groups excluding carboxylic acids is 5. The highest BCUT2D eigenvalue weighted by molar-refractivity contribution is 6.01. The second-order valence-electron chi connectivity index (χ2n) is 12.5. The number of rotatable bonds is 21. The minimum Gasteiger partial charge on any atom is -0.504 e. The molecule has 2 aromatic rings. The van der Waals surface area contributed by atoms with Crippen molar-refractivity contribution in [2.75, 3.05) is 13.1 Å². The van der Waals surface area contributed by atoms with E-state index in [-0.39, 0.29) is 50.7 Å². The standard InChI is InChI=1S/C34H48N10O13/c1-15(45)23(43-29(52)19(9-5-13-39-33(35)36)41-27(50)17-7-3-11-21(46)25(17)48)32(56)57-16(2)24(31(54)55)44-30(53)20(10-6-14-40-34(37)38)42-28(51)18-8-4-12-22(47)26(18)49/h3-4,7-8,11-12,15-16,19-20,23-24,45-49H,5-6,9-10,13-14H2,1-2H3,(H,41,50)(H,42,51)(H,43,52)(H,44,53)(H,54,55)(H4,35,36,39)(H4,37,38,40)/t15-,16-,19+,20+,23+,24+/m1/s1. The van der Waals surface area contributed by atoms with Crippen molar-refractivity contribution in [2.24, 2.45) is 32.9 Å².